The summed E-state index contributed by atoms with van der Waals surface area (Å²) < 4.78 is 0. The van der Waals surface area contributed by atoms with E-state index < -0.39 is 0 Å². The van der Waals surface area contributed by atoms with E-state index in [9.17, 15) is 4.79 Å². The van der Waals surface area contributed by atoms with Crippen LogP contribution in [0.2, 0.25) is 5.28 Å². The first kappa shape index (κ1) is 12.8. The van der Waals surface area contributed by atoms with Crippen LogP contribution in [0.4, 0.5) is 11.9 Å². The fourth-order valence-electron chi connectivity index (χ4n) is 1.42. The smallest absolute Gasteiger partial charge is 0.228 e. The Morgan fingerprint density at radius 3 is 2.83 bits per heavy atom. The van der Waals surface area contributed by atoms with E-state index in [1.165, 1.54) is 0 Å². The molecule has 1 aromatic rings. The highest BCUT2D eigenvalue weighted by Gasteiger charge is 2.22. The second-order valence-corrected chi connectivity index (χ2v) is 4.50. The standard InChI is InChI=1S/C10H15ClN6O/c11-8-15-9(12)17-10(16-8)13-5-1-2-7(18)14-6-3-4-6/h6H,1-5H2,(H,14,18)(H3,12,13,15,16,17). The molecule has 0 saturated heterocycles. The first-order chi connectivity index (χ1) is 8.63. The first-order valence-electron chi connectivity index (χ1n) is 5.84. The average Bonchev–Trinajstić information content (AvgIpc) is 3.07. The minimum absolute atomic E-state index is 0.0523. The Labute approximate surface area is 110 Å². The Morgan fingerprint density at radius 1 is 1.39 bits per heavy atom. The number of anilines is 2. The van der Waals surface area contributed by atoms with Crippen LogP contribution in [0.25, 0.3) is 0 Å². The highest BCUT2D eigenvalue weighted by molar-refractivity contribution is 6.28. The third-order valence-electron chi connectivity index (χ3n) is 2.43. The van der Waals surface area contributed by atoms with Gasteiger partial charge in [0, 0.05) is 19.0 Å². The molecule has 4 N–H and O–H groups in total. The van der Waals surface area contributed by atoms with Crippen molar-refractivity contribution in [1.29, 1.82) is 0 Å². The van der Waals surface area contributed by atoms with Gasteiger partial charge in [0.15, 0.2) is 0 Å². The SMILES string of the molecule is Nc1nc(Cl)nc(NCCCC(=O)NC2CC2)n1. The average molecular weight is 271 g/mol. The molecule has 0 aliphatic heterocycles. The topological polar surface area (TPSA) is 106 Å². The Bertz CT molecular complexity index is 416. The summed E-state index contributed by atoms with van der Waals surface area (Å²) in [4.78, 5) is 22.8. The lowest BCUT2D eigenvalue weighted by Crippen LogP contribution is -2.25. The molecule has 2 rings (SSSR count). The zero-order valence-electron chi connectivity index (χ0n) is 9.82. The number of nitrogen functional groups attached to an aromatic ring is 1. The van der Waals surface area contributed by atoms with Crippen LogP contribution in [0.3, 0.4) is 0 Å². The van der Waals surface area contributed by atoms with Gasteiger partial charge in [-0.25, -0.2) is 0 Å². The van der Waals surface area contributed by atoms with Crippen molar-refractivity contribution in [3.05, 3.63) is 5.28 Å². The molecule has 1 aromatic heterocycles. The summed E-state index contributed by atoms with van der Waals surface area (Å²) in [5, 5.41) is 5.92. The van der Waals surface area contributed by atoms with E-state index in [-0.39, 0.29) is 17.1 Å². The molecule has 0 atom stereocenters. The van der Waals surface area contributed by atoms with Crippen molar-refractivity contribution < 1.29 is 4.79 Å². The minimum atomic E-state index is 0.0523. The molecule has 0 aromatic carbocycles. The number of nitrogens with one attached hydrogen (secondary N) is 2. The number of carbonyl (C=O) groups is 1. The lowest BCUT2D eigenvalue weighted by Gasteiger charge is -2.05. The van der Waals surface area contributed by atoms with Gasteiger partial charge in [-0.15, -0.1) is 0 Å². The summed E-state index contributed by atoms with van der Waals surface area (Å²) in [6.07, 6.45) is 3.39. The van der Waals surface area contributed by atoms with Crippen LogP contribution < -0.4 is 16.4 Å². The number of aromatic nitrogens is 3. The summed E-state index contributed by atoms with van der Waals surface area (Å²) in [7, 11) is 0. The zero-order valence-corrected chi connectivity index (χ0v) is 10.6. The van der Waals surface area contributed by atoms with Gasteiger partial charge in [-0.2, -0.15) is 15.0 Å². The summed E-state index contributed by atoms with van der Waals surface area (Å²) in [6.45, 7) is 0.581. The zero-order chi connectivity index (χ0) is 13.0. The Morgan fingerprint density at radius 2 is 2.17 bits per heavy atom. The molecule has 1 fully saturated rings. The van der Waals surface area contributed by atoms with Gasteiger partial charge in [0.25, 0.3) is 0 Å². The van der Waals surface area contributed by atoms with Gasteiger partial charge in [0.1, 0.15) is 0 Å². The third-order valence-corrected chi connectivity index (χ3v) is 2.60. The van der Waals surface area contributed by atoms with E-state index in [4.69, 9.17) is 17.3 Å². The maximum atomic E-state index is 11.4. The summed E-state index contributed by atoms with van der Waals surface area (Å²) >= 11 is 5.63. The summed E-state index contributed by atoms with van der Waals surface area (Å²) in [5.74, 6) is 0.492. The number of rotatable bonds is 6. The molecule has 1 aliphatic rings. The predicted molar refractivity (Wildman–Crippen MR) is 68.1 cm³/mol. The molecule has 1 amide bonds. The van der Waals surface area contributed by atoms with Crippen molar-refractivity contribution in [2.45, 2.75) is 31.7 Å². The van der Waals surface area contributed by atoms with E-state index in [1.54, 1.807) is 0 Å². The number of hydrogen-bond donors (Lipinski definition) is 3. The van der Waals surface area contributed by atoms with Crippen LogP contribution in [0.5, 0.6) is 0 Å². The molecule has 18 heavy (non-hydrogen) atoms. The molecule has 0 radical (unpaired) electrons. The quantitative estimate of drug-likeness (QED) is 0.653. The summed E-state index contributed by atoms with van der Waals surface area (Å²) in [6, 6.07) is 0.410. The maximum Gasteiger partial charge on any atom is 0.228 e. The largest absolute Gasteiger partial charge is 0.368 e. The van der Waals surface area contributed by atoms with E-state index >= 15 is 0 Å². The number of amides is 1. The van der Waals surface area contributed by atoms with Crippen molar-refractivity contribution in [3.8, 4) is 0 Å². The normalized spacial score (nSPS) is 14.3. The van der Waals surface area contributed by atoms with Gasteiger partial charge in [-0.1, -0.05) is 0 Å². The van der Waals surface area contributed by atoms with Crippen molar-refractivity contribution in [2.75, 3.05) is 17.6 Å². The van der Waals surface area contributed by atoms with Crippen LogP contribution >= 0.6 is 11.6 Å². The van der Waals surface area contributed by atoms with E-state index in [0.717, 1.165) is 12.8 Å². The molecular weight excluding hydrogens is 256 g/mol. The van der Waals surface area contributed by atoms with Crippen LogP contribution in [0, 0.1) is 0 Å². The molecule has 0 bridgehead atoms. The van der Waals surface area contributed by atoms with Gasteiger partial charge in [-0.05, 0) is 30.9 Å². The molecular formula is C10H15ClN6O. The second-order valence-electron chi connectivity index (χ2n) is 4.16. The molecule has 1 heterocycles. The fraction of sp³-hybridized carbons (Fsp3) is 0.600. The van der Waals surface area contributed by atoms with Gasteiger partial charge >= 0.3 is 0 Å². The number of nitrogens with two attached hydrogens (primary N) is 1. The van der Waals surface area contributed by atoms with Gasteiger partial charge in [-0.3, -0.25) is 4.79 Å². The van der Waals surface area contributed by atoms with Crippen LogP contribution in [-0.4, -0.2) is 33.4 Å². The van der Waals surface area contributed by atoms with Crippen molar-refractivity contribution in [2.24, 2.45) is 0 Å². The van der Waals surface area contributed by atoms with Gasteiger partial charge in [0.2, 0.25) is 23.1 Å². The highest BCUT2D eigenvalue weighted by Crippen LogP contribution is 2.18. The predicted octanol–water partition coefficient (Wildman–Crippen LogP) is 0.578. The Kier molecular flexibility index (Phi) is 4.14. The van der Waals surface area contributed by atoms with Crippen molar-refractivity contribution in [1.82, 2.24) is 20.3 Å². The molecule has 1 aliphatic carbocycles. The number of nitrogens with zero attached hydrogens (tertiary/aromatic N) is 3. The fourth-order valence-corrected chi connectivity index (χ4v) is 1.59. The van der Waals surface area contributed by atoms with E-state index in [2.05, 4.69) is 25.6 Å². The van der Waals surface area contributed by atoms with E-state index in [0.29, 0.717) is 31.4 Å². The Balaban J connectivity index is 1.66. The summed E-state index contributed by atoms with van der Waals surface area (Å²) in [5.41, 5.74) is 5.42. The molecule has 7 nitrogen and oxygen atoms in total. The van der Waals surface area contributed by atoms with E-state index in [1.807, 2.05) is 0 Å². The maximum absolute atomic E-state index is 11.4. The third kappa shape index (κ3) is 4.33. The highest BCUT2D eigenvalue weighted by atomic mass is 35.5. The monoisotopic (exact) mass is 270 g/mol. The second kappa shape index (κ2) is 5.81. The number of halogens is 1. The van der Waals surface area contributed by atoms with Crippen molar-refractivity contribution >= 4 is 29.4 Å². The number of carbonyl (C=O) groups excluding carboxylic acids is 1. The molecule has 1 saturated carbocycles. The first-order valence-corrected chi connectivity index (χ1v) is 6.21. The molecule has 0 unspecified atom stereocenters. The molecule has 0 spiro atoms. The van der Waals surface area contributed by atoms with Crippen LogP contribution in [-0.2, 0) is 4.79 Å². The molecule has 8 heteroatoms. The van der Waals surface area contributed by atoms with Crippen LogP contribution in [0.1, 0.15) is 25.7 Å². The minimum Gasteiger partial charge on any atom is -0.368 e. The molecule has 98 valence electrons. The number of hydrogen-bond acceptors (Lipinski definition) is 6. The van der Waals surface area contributed by atoms with Gasteiger partial charge < -0.3 is 16.4 Å². The lowest BCUT2D eigenvalue weighted by atomic mass is 10.3. The van der Waals surface area contributed by atoms with Crippen molar-refractivity contribution in [3.63, 3.8) is 0 Å². The Hall–Kier alpha value is -1.63. The van der Waals surface area contributed by atoms with Crippen LogP contribution in [0.15, 0.2) is 0 Å². The van der Waals surface area contributed by atoms with Gasteiger partial charge in [0.05, 0.1) is 0 Å². The lowest BCUT2D eigenvalue weighted by molar-refractivity contribution is -0.121.